The minimum atomic E-state index is 0.738. The summed E-state index contributed by atoms with van der Waals surface area (Å²) in [5.41, 5.74) is 3.87. The van der Waals surface area contributed by atoms with Gasteiger partial charge in [0.15, 0.2) is 0 Å². The van der Waals surface area contributed by atoms with Crippen LogP contribution in [-0.2, 0) is 25.1 Å². The Bertz CT molecular complexity index is 387. The van der Waals surface area contributed by atoms with Crippen molar-refractivity contribution < 1.29 is 0 Å². The molecule has 2 rings (SSSR count). The zero-order valence-electron chi connectivity index (χ0n) is 11.6. The number of hydrogen-bond donors (Lipinski definition) is 1. The van der Waals surface area contributed by atoms with Crippen LogP contribution in [0.1, 0.15) is 43.5 Å². The van der Waals surface area contributed by atoms with Gasteiger partial charge in [-0.15, -0.1) is 0 Å². The lowest BCUT2D eigenvalue weighted by Crippen LogP contribution is -2.27. The first-order valence-corrected chi connectivity index (χ1v) is 8.02. The summed E-state index contributed by atoms with van der Waals surface area (Å²) in [6.07, 6.45) is 2.06. The second kappa shape index (κ2) is 6.53. The maximum Gasteiger partial charge on any atom is 0.138 e. The summed E-state index contributed by atoms with van der Waals surface area (Å²) in [5.74, 6) is 3.90. The van der Waals surface area contributed by atoms with Crippen LogP contribution in [0.2, 0.25) is 0 Å². The number of aromatic nitrogens is 2. The van der Waals surface area contributed by atoms with Gasteiger partial charge in [0.25, 0.3) is 0 Å². The van der Waals surface area contributed by atoms with Crippen molar-refractivity contribution in [2.45, 2.75) is 45.9 Å². The van der Waals surface area contributed by atoms with Crippen LogP contribution < -0.4 is 5.32 Å². The second-order valence-electron chi connectivity index (χ2n) is 5.20. The van der Waals surface area contributed by atoms with Gasteiger partial charge in [0.05, 0.1) is 11.4 Å². The summed E-state index contributed by atoms with van der Waals surface area (Å²) in [5, 5.41) is 3.41. The molecular formula is C14H23N3S. The van der Waals surface area contributed by atoms with Crippen molar-refractivity contribution in [2.75, 3.05) is 12.3 Å². The maximum atomic E-state index is 4.75. The Labute approximate surface area is 114 Å². The van der Waals surface area contributed by atoms with Crippen LogP contribution in [0, 0.1) is 5.92 Å². The molecule has 0 radical (unpaired) electrons. The molecule has 2 heterocycles. The molecule has 1 aromatic rings. The van der Waals surface area contributed by atoms with Crippen LogP contribution in [0.4, 0.5) is 0 Å². The summed E-state index contributed by atoms with van der Waals surface area (Å²) in [6, 6.07) is 0. The predicted molar refractivity (Wildman–Crippen MR) is 77.8 cm³/mol. The topological polar surface area (TPSA) is 37.8 Å². The van der Waals surface area contributed by atoms with E-state index < -0.39 is 0 Å². The van der Waals surface area contributed by atoms with Gasteiger partial charge >= 0.3 is 0 Å². The first-order valence-electron chi connectivity index (χ1n) is 6.86. The van der Waals surface area contributed by atoms with E-state index in [-0.39, 0.29) is 0 Å². The van der Waals surface area contributed by atoms with E-state index in [1.807, 2.05) is 11.8 Å². The Morgan fingerprint density at radius 3 is 2.89 bits per heavy atom. The van der Waals surface area contributed by atoms with Gasteiger partial charge in [-0.3, -0.25) is 0 Å². The standard InChI is InChI=1S/C14H23N3S/c1-4-12-11-7-15-6-5-13(11)17-14(16-12)9-18-8-10(2)3/h10,15H,4-9H2,1-3H3. The highest BCUT2D eigenvalue weighted by atomic mass is 32.2. The van der Waals surface area contributed by atoms with Gasteiger partial charge in [-0.25, -0.2) is 9.97 Å². The molecule has 0 saturated carbocycles. The lowest BCUT2D eigenvalue weighted by atomic mass is 10.0. The van der Waals surface area contributed by atoms with E-state index in [1.165, 1.54) is 22.7 Å². The minimum absolute atomic E-state index is 0.738. The molecule has 0 aromatic carbocycles. The summed E-state index contributed by atoms with van der Waals surface area (Å²) >= 11 is 1.94. The monoisotopic (exact) mass is 265 g/mol. The number of nitrogens with zero attached hydrogens (tertiary/aromatic N) is 2. The number of nitrogens with one attached hydrogen (secondary N) is 1. The zero-order chi connectivity index (χ0) is 13.0. The van der Waals surface area contributed by atoms with Crippen LogP contribution in [0.25, 0.3) is 0 Å². The molecular weight excluding hydrogens is 242 g/mol. The molecule has 1 aliphatic heterocycles. The summed E-state index contributed by atoms with van der Waals surface area (Å²) in [7, 11) is 0. The van der Waals surface area contributed by atoms with Crippen LogP contribution in [0.3, 0.4) is 0 Å². The van der Waals surface area contributed by atoms with E-state index in [2.05, 4.69) is 26.1 Å². The third-order valence-corrected chi connectivity index (χ3v) is 4.45. The molecule has 1 aromatic heterocycles. The third-order valence-electron chi connectivity index (χ3n) is 3.08. The number of aryl methyl sites for hydroxylation is 1. The molecule has 0 unspecified atom stereocenters. The molecule has 0 amide bonds. The Morgan fingerprint density at radius 1 is 1.33 bits per heavy atom. The molecule has 0 atom stereocenters. The van der Waals surface area contributed by atoms with Crippen molar-refractivity contribution in [3.63, 3.8) is 0 Å². The zero-order valence-corrected chi connectivity index (χ0v) is 12.4. The van der Waals surface area contributed by atoms with E-state index in [0.717, 1.165) is 43.4 Å². The smallest absolute Gasteiger partial charge is 0.138 e. The molecule has 100 valence electrons. The number of rotatable bonds is 5. The highest BCUT2D eigenvalue weighted by Gasteiger charge is 2.16. The molecule has 4 heteroatoms. The van der Waals surface area contributed by atoms with Gasteiger partial charge in [0.2, 0.25) is 0 Å². The summed E-state index contributed by atoms with van der Waals surface area (Å²) in [6.45, 7) is 8.68. The van der Waals surface area contributed by atoms with Crippen LogP contribution in [0.15, 0.2) is 0 Å². The highest BCUT2D eigenvalue weighted by molar-refractivity contribution is 7.98. The number of thioether (sulfide) groups is 1. The van der Waals surface area contributed by atoms with Crippen molar-refractivity contribution in [1.29, 1.82) is 0 Å². The third kappa shape index (κ3) is 3.45. The first-order chi connectivity index (χ1) is 8.70. The lowest BCUT2D eigenvalue weighted by Gasteiger charge is -2.19. The Balaban J connectivity index is 2.11. The Hall–Kier alpha value is -0.610. The first kappa shape index (κ1) is 13.8. The molecule has 0 bridgehead atoms. The van der Waals surface area contributed by atoms with Gasteiger partial charge in [0, 0.05) is 30.8 Å². The van der Waals surface area contributed by atoms with Crippen molar-refractivity contribution in [2.24, 2.45) is 5.92 Å². The van der Waals surface area contributed by atoms with Crippen LogP contribution in [-0.4, -0.2) is 22.3 Å². The van der Waals surface area contributed by atoms with E-state index in [0.29, 0.717) is 0 Å². The number of hydrogen-bond acceptors (Lipinski definition) is 4. The second-order valence-corrected chi connectivity index (χ2v) is 6.23. The maximum absolute atomic E-state index is 4.75. The average Bonchev–Trinajstić information content (AvgIpc) is 2.37. The minimum Gasteiger partial charge on any atom is -0.312 e. The molecule has 0 spiro atoms. The fourth-order valence-electron chi connectivity index (χ4n) is 2.21. The summed E-state index contributed by atoms with van der Waals surface area (Å²) < 4.78 is 0. The largest absolute Gasteiger partial charge is 0.312 e. The van der Waals surface area contributed by atoms with Crippen molar-refractivity contribution >= 4 is 11.8 Å². The van der Waals surface area contributed by atoms with Crippen LogP contribution in [0.5, 0.6) is 0 Å². The fraction of sp³-hybridized carbons (Fsp3) is 0.714. The van der Waals surface area contributed by atoms with Crippen molar-refractivity contribution in [3.8, 4) is 0 Å². The van der Waals surface area contributed by atoms with Gasteiger partial charge < -0.3 is 5.32 Å². The molecule has 3 nitrogen and oxygen atoms in total. The molecule has 18 heavy (non-hydrogen) atoms. The van der Waals surface area contributed by atoms with E-state index in [1.54, 1.807) is 0 Å². The Morgan fingerprint density at radius 2 is 2.17 bits per heavy atom. The van der Waals surface area contributed by atoms with Crippen molar-refractivity contribution in [1.82, 2.24) is 15.3 Å². The fourth-order valence-corrected chi connectivity index (χ4v) is 3.11. The highest BCUT2D eigenvalue weighted by Crippen LogP contribution is 2.19. The average molecular weight is 265 g/mol. The Kier molecular flexibility index (Phi) is 5.01. The SMILES string of the molecule is CCc1nc(CSCC(C)C)nc2c1CNCC2. The molecule has 0 saturated heterocycles. The molecule has 1 N–H and O–H groups in total. The van der Waals surface area contributed by atoms with Gasteiger partial charge in [0.1, 0.15) is 5.82 Å². The van der Waals surface area contributed by atoms with Gasteiger partial charge in [-0.1, -0.05) is 20.8 Å². The molecule has 0 aliphatic carbocycles. The van der Waals surface area contributed by atoms with Crippen molar-refractivity contribution in [3.05, 3.63) is 22.8 Å². The van der Waals surface area contributed by atoms with Gasteiger partial charge in [-0.2, -0.15) is 11.8 Å². The van der Waals surface area contributed by atoms with Crippen LogP contribution >= 0.6 is 11.8 Å². The number of fused-ring (bicyclic) bond motifs is 1. The molecule has 1 aliphatic rings. The quantitative estimate of drug-likeness (QED) is 0.888. The van der Waals surface area contributed by atoms with Gasteiger partial charge in [-0.05, 0) is 18.1 Å². The normalized spacial score (nSPS) is 14.9. The van der Waals surface area contributed by atoms with E-state index in [9.17, 15) is 0 Å². The summed E-state index contributed by atoms with van der Waals surface area (Å²) in [4.78, 5) is 9.48. The lowest BCUT2D eigenvalue weighted by molar-refractivity contribution is 0.613. The van der Waals surface area contributed by atoms with E-state index in [4.69, 9.17) is 9.97 Å². The molecule has 0 fully saturated rings. The van der Waals surface area contributed by atoms with E-state index >= 15 is 0 Å². The predicted octanol–water partition coefficient (Wildman–Crippen LogP) is 2.57.